The summed E-state index contributed by atoms with van der Waals surface area (Å²) < 4.78 is 5.06. The maximum absolute atomic E-state index is 12.8. The molecule has 42 heavy (non-hydrogen) atoms. The Morgan fingerprint density at radius 1 is 0.738 bits per heavy atom. The van der Waals surface area contributed by atoms with Crippen LogP contribution in [0.3, 0.4) is 0 Å². The lowest BCUT2D eigenvalue weighted by atomic mass is 10.1. The highest BCUT2D eigenvalue weighted by atomic mass is 16.6. The fourth-order valence-corrected chi connectivity index (χ4v) is 3.25. The van der Waals surface area contributed by atoms with Crippen molar-refractivity contribution in [3.05, 3.63) is 35.9 Å². The van der Waals surface area contributed by atoms with Crippen LogP contribution in [0.15, 0.2) is 30.3 Å². The monoisotopic (exact) mass is 591 g/mol. The van der Waals surface area contributed by atoms with E-state index in [1.165, 1.54) is 0 Å². The molecule has 0 aliphatic rings. The summed E-state index contributed by atoms with van der Waals surface area (Å²) in [7, 11) is 0. The summed E-state index contributed by atoms with van der Waals surface area (Å²) in [4.78, 5) is 83.6. The molecule has 0 saturated carbocycles. The molecule has 0 saturated heterocycles. The van der Waals surface area contributed by atoms with Gasteiger partial charge in [0, 0.05) is 32.4 Å². The van der Waals surface area contributed by atoms with Crippen molar-refractivity contribution in [1.29, 1.82) is 0 Å². The zero-order chi connectivity index (χ0) is 31.5. The van der Waals surface area contributed by atoms with Gasteiger partial charge in [0.25, 0.3) is 0 Å². The molecule has 1 aromatic rings. The highest BCUT2D eigenvalue weighted by Gasteiger charge is 2.22. The molecular formula is C27H41N7O8. The number of hydrogen-bond acceptors (Lipinski definition) is 8. The lowest BCUT2D eigenvalue weighted by Gasteiger charge is -2.19. The van der Waals surface area contributed by atoms with Crippen LogP contribution >= 0.6 is 0 Å². The molecule has 15 heteroatoms. The third-order valence-electron chi connectivity index (χ3n) is 5.19. The van der Waals surface area contributed by atoms with E-state index in [-0.39, 0.29) is 38.9 Å². The average molecular weight is 592 g/mol. The van der Waals surface area contributed by atoms with Crippen LogP contribution in [-0.4, -0.2) is 85.9 Å². The summed E-state index contributed by atoms with van der Waals surface area (Å²) in [5.41, 5.74) is 5.13. The maximum Gasteiger partial charge on any atom is 0.407 e. The number of nitrogens with one attached hydrogen (secondary N) is 6. The Hall–Kier alpha value is -4.69. The van der Waals surface area contributed by atoms with E-state index >= 15 is 0 Å². The zero-order valence-electron chi connectivity index (χ0n) is 24.2. The maximum atomic E-state index is 12.8. The second-order valence-electron chi connectivity index (χ2n) is 10.2. The van der Waals surface area contributed by atoms with Crippen LogP contribution < -0.4 is 37.6 Å². The molecule has 0 fully saturated rings. The number of ether oxygens (including phenoxy) is 1. The van der Waals surface area contributed by atoms with Crippen molar-refractivity contribution in [2.24, 2.45) is 5.73 Å². The summed E-state index contributed by atoms with van der Waals surface area (Å²) in [6.45, 7) is 4.12. The van der Waals surface area contributed by atoms with E-state index < -0.39 is 66.3 Å². The standard InChI is InChI=1S/C27H41N7O8/c1-27(2,3)42-26(41)30-13-11-21(36)31-15-23(38)32-17-24(39)34-19(14-18-8-5-4-6-9-18)25(40)33-16-22(37)29-12-7-10-20(28)35/h4-6,8-9,19H,7,10-17H2,1-3H3,(H2,28,35)(H,29,37)(H,30,41)(H,31,36)(H,32,38)(H,33,40)(H,34,39)/t19-/m0/s1. The number of benzene rings is 1. The van der Waals surface area contributed by atoms with E-state index in [4.69, 9.17) is 10.5 Å². The molecule has 0 aliphatic heterocycles. The molecule has 0 radical (unpaired) electrons. The average Bonchev–Trinajstić information content (AvgIpc) is 2.90. The van der Waals surface area contributed by atoms with E-state index in [2.05, 4.69) is 31.9 Å². The first-order valence-corrected chi connectivity index (χ1v) is 13.4. The molecule has 1 atom stereocenters. The topological polar surface area (TPSA) is 227 Å². The quantitative estimate of drug-likeness (QED) is 0.104. The van der Waals surface area contributed by atoms with Crippen molar-refractivity contribution >= 4 is 41.5 Å². The van der Waals surface area contributed by atoms with E-state index in [9.17, 15) is 33.6 Å². The largest absolute Gasteiger partial charge is 0.444 e. The Balaban J connectivity index is 2.48. The second kappa shape index (κ2) is 18.6. The molecule has 8 N–H and O–H groups in total. The summed E-state index contributed by atoms with van der Waals surface area (Å²) in [5.74, 6) is -3.38. The number of carbonyl (C=O) groups is 7. The van der Waals surface area contributed by atoms with Crippen molar-refractivity contribution in [2.45, 2.75) is 58.1 Å². The Labute approximate surface area is 244 Å². The van der Waals surface area contributed by atoms with Crippen molar-refractivity contribution in [3.8, 4) is 0 Å². The Morgan fingerprint density at radius 2 is 1.33 bits per heavy atom. The predicted molar refractivity (Wildman–Crippen MR) is 151 cm³/mol. The Kier molecular flexibility index (Phi) is 15.7. The van der Waals surface area contributed by atoms with Gasteiger partial charge in [-0.05, 0) is 32.8 Å². The van der Waals surface area contributed by atoms with E-state index in [1.54, 1.807) is 51.1 Å². The first-order chi connectivity index (χ1) is 19.7. The molecule has 7 amide bonds. The van der Waals surface area contributed by atoms with E-state index in [1.807, 2.05) is 0 Å². The molecule has 0 unspecified atom stereocenters. The van der Waals surface area contributed by atoms with Gasteiger partial charge in [0.05, 0.1) is 19.6 Å². The number of alkyl carbamates (subject to hydrolysis) is 1. The third-order valence-corrected chi connectivity index (χ3v) is 5.19. The summed E-state index contributed by atoms with van der Waals surface area (Å²) >= 11 is 0. The highest BCUT2D eigenvalue weighted by Crippen LogP contribution is 2.06. The van der Waals surface area contributed by atoms with Crippen LogP contribution in [0, 0.1) is 0 Å². The van der Waals surface area contributed by atoms with Gasteiger partial charge in [0.2, 0.25) is 35.4 Å². The van der Waals surface area contributed by atoms with E-state index in [0.29, 0.717) is 6.42 Å². The molecule has 0 bridgehead atoms. The summed E-state index contributed by atoms with van der Waals surface area (Å²) in [6.07, 6.45) is -0.149. The number of amides is 7. The van der Waals surface area contributed by atoms with Gasteiger partial charge >= 0.3 is 6.09 Å². The molecular weight excluding hydrogens is 550 g/mol. The first-order valence-electron chi connectivity index (χ1n) is 13.4. The zero-order valence-corrected chi connectivity index (χ0v) is 24.2. The third kappa shape index (κ3) is 17.8. The Bertz CT molecular complexity index is 1090. The van der Waals surface area contributed by atoms with Crippen LogP contribution in [0.1, 0.15) is 45.6 Å². The SMILES string of the molecule is CC(C)(C)OC(=O)NCCC(=O)NCC(=O)NCC(=O)N[C@@H](Cc1ccccc1)C(=O)NCC(=O)NCCCC(N)=O. The van der Waals surface area contributed by atoms with Gasteiger partial charge < -0.3 is 42.4 Å². The molecule has 0 heterocycles. The van der Waals surface area contributed by atoms with Gasteiger partial charge in [-0.25, -0.2) is 4.79 Å². The van der Waals surface area contributed by atoms with Crippen LogP contribution in [0.25, 0.3) is 0 Å². The van der Waals surface area contributed by atoms with Gasteiger partial charge in [-0.3, -0.25) is 28.8 Å². The van der Waals surface area contributed by atoms with Crippen LogP contribution in [0.5, 0.6) is 0 Å². The van der Waals surface area contributed by atoms with Gasteiger partial charge in [0.1, 0.15) is 11.6 Å². The number of primary amides is 1. The van der Waals surface area contributed by atoms with E-state index in [0.717, 1.165) is 5.56 Å². The van der Waals surface area contributed by atoms with Gasteiger partial charge in [0.15, 0.2) is 0 Å². The normalized spacial score (nSPS) is 11.3. The number of rotatable bonds is 17. The number of nitrogens with two attached hydrogens (primary N) is 1. The molecule has 0 aliphatic carbocycles. The van der Waals surface area contributed by atoms with Crippen LogP contribution in [0.2, 0.25) is 0 Å². The molecule has 232 valence electrons. The molecule has 0 spiro atoms. The minimum atomic E-state index is -1.04. The van der Waals surface area contributed by atoms with Gasteiger partial charge in [-0.2, -0.15) is 0 Å². The van der Waals surface area contributed by atoms with Gasteiger partial charge in [-0.15, -0.1) is 0 Å². The predicted octanol–water partition coefficient (Wildman–Crippen LogP) is -1.64. The van der Waals surface area contributed by atoms with Crippen molar-refractivity contribution in [2.75, 3.05) is 32.7 Å². The van der Waals surface area contributed by atoms with Crippen LogP contribution in [0.4, 0.5) is 4.79 Å². The minimum Gasteiger partial charge on any atom is -0.444 e. The first kappa shape index (κ1) is 35.3. The van der Waals surface area contributed by atoms with Gasteiger partial charge in [-0.1, -0.05) is 30.3 Å². The summed E-state index contributed by atoms with van der Waals surface area (Å²) in [6, 6.07) is 7.83. The molecule has 1 rings (SSSR count). The molecule has 1 aromatic carbocycles. The summed E-state index contributed by atoms with van der Waals surface area (Å²) in [5, 5.41) is 14.7. The lowest BCUT2D eigenvalue weighted by Crippen LogP contribution is -2.52. The number of hydrogen-bond donors (Lipinski definition) is 7. The smallest absolute Gasteiger partial charge is 0.407 e. The van der Waals surface area contributed by atoms with Crippen molar-refractivity contribution in [3.63, 3.8) is 0 Å². The highest BCUT2D eigenvalue weighted by molar-refractivity contribution is 5.92. The van der Waals surface area contributed by atoms with Crippen LogP contribution in [-0.2, 0) is 39.9 Å². The molecule has 0 aromatic heterocycles. The Morgan fingerprint density at radius 3 is 1.98 bits per heavy atom. The molecule has 15 nitrogen and oxygen atoms in total. The lowest BCUT2D eigenvalue weighted by molar-refractivity contribution is -0.131. The fraction of sp³-hybridized carbons (Fsp3) is 0.519. The number of carbonyl (C=O) groups excluding carboxylic acids is 7. The van der Waals surface area contributed by atoms with Crippen molar-refractivity contribution < 1.29 is 38.3 Å². The fourth-order valence-electron chi connectivity index (χ4n) is 3.25. The minimum absolute atomic E-state index is 0.00654. The van der Waals surface area contributed by atoms with Crippen molar-refractivity contribution in [1.82, 2.24) is 31.9 Å². The second-order valence-corrected chi connectivity index (χ2v) is 10.2.